The van der Waals surface area contributed by atoms with E-state index in [4.69, 9.17) is 0 Å². The molecule has 8 heteroatoms. The highest BCUT2D eigenvalue weighted by molar-refractivity contribution is 5.65. The number of nitro benzene ring substituents is 1. The highest BCUT2D eigenvalue weighted by Gasteiger charge is 2.32. The Balaban J connectivity index is 2.32. The number of nitro groups is 1. The van der Waals surface area contributed by atoms with Gasteiger partial charge in [0.25, 0.3) is 5.69 Å². The first kappa shape index (κ1) is 13.4. The fraction of sp³-hybridized carbons (Fsp3) is 0.455. The average Bonchev–Trinajstić information content (AvgIpc) is 2.80. The van der Waals surface area contributed by atoms with E-state index in [1.165, 1.54) is 6.07 Å². The number of hydrogen-bond donors (Lipinski definition) is 0. The molecule has 0 amide bonds. The summed E-state index contributed by atoms with van der Waals surface area (Å²) < 4.78 is 39.9. The number of nitrogens with zero attached hydrogens (tertiary/aromatic N) is 2. The average molecular weight is 276 g/mol. The molecule has 1 heterocycles. The molecular formula is C11H11F3N2O3. The Morgan fingerprint density at radius 3 is 2.42 bits per heavy atom. The Bertz CT molecular complexity index is 485. The van der Waals surface area contributed by atoms with Crippen molar-refractivity contribution in [1.29, 1.82) is 0 Å². The second-order valence-corrected chi connectivity index (χ2v) is 4.15. The van der Waals surface area contributed by atoms with E-state index < -0.39 is 17.0 Å². The summed E-state index contributed by atoms with van der Waals surface area (Å²) in [4.78, 5) is 12.0. The number of ether oxygens (including phenoxy) is 1. The number of hydrogen-bond acceptors (Lipinski definition) is 4. The molecule has 1 aromatic carbocycles. The van der Waals surface area contributed by atoms with Crippen molar-refractivity contribution in [3.63, 3.8) is 0 Å². The third-order valence-electron chi connectivity index (χ3n) is 2.82. The molecule has 1 saturated heterocycles. The Labute approximate surface area is 106 Å². The van der Waals surface area contributed by atoms with Crippen LogP contribution in [0.15, 0.2) is 18.2 Å². The number of alkyl halides is 3. The van der Waals surface area contributed by atoms with Gasteiger partial charge in [-0.2, -0.15) is 0 Å². The molecule has 104 valence electrons. The van der Waals surface area contributed by atoms with Crippen LogP contribution in [0.2, 0.25) is 0 Å². The zero-order valence-corrected chi connectivity index (χ0v) is 9.81. The van der Waals surface area contributed by atoms with Crippen LogP contribution in [-0.4, -0.2) is 24.4 Å². The van der Waals surface area contributed by atoms with Crippen molar-refractivity contribution in [2.75, 3.05) is 18.0 Å². The van der Waals surface area contributed by atoms with Crippen molar-refractivity contribution in [2.45, 2.75) is 19.2 Å². The van der Waals surface area contributed by atoms with E-state index in [9.17, 15) is 23.3 Å². The van der Waals surface area contributed by atoms with E-state index in [0.717, 1.165) is 25.0 Å². The Morgan fingerprint density at radius 1 is 1.26 bits per heavy atom. The summed E-state index contributed by atoms with van der Waals surface area (Å²) in [6.45, 7) is 1.33. The standard InChI is InChI=1S/C11H11F3N2O3/c12-11(13,14)19-8-3-4-9(10(7-8)16(17)18)15-5-1-2-6-15/h3-4,7H,1-2,5-6H2. The molecule has 0 aromatic heterocycles. The zero-order chi connectivity index (χ0) is 14.0. The van der Waals surface area contributed by atoms with Crippen molar-refractivity contribution in [1.82, 2.24) is 0 Å². The second kappa shape index (κ2) is 4.94. The van der Waals surface area contributed by atoms with Gasteiger partial charge in [0.1, 0.15) is 11.4 Å². The molecule has 0 unspecified atom stereocenters. The van der Waals surface area contributed by atoms with Gasteiger partial charge in [0.05, 0.1) is 11.0 Å². The van der Waals surface area contributed by atoms with E-state index in [2.05, 4.69) is 4.74 Å². The number of halogens is 3. The fourth-order valence-electron chi connectivity index (χ4n) is 2.07. The summed E-state index contributed by atoms with van der Waals surface area (Å²) in [6, 6.07) is 3.19. The number of anilines is 1. The lowest BCUT2D eigenvalue weighted by Gasteiger charge is -2.18. The molecule has 19 heavy (non-hydrogen) atoms. The third kappa shape index (κ3) is 3.27. The molecule has 5 nitrogen and oxygen atoms in total. The van der Waals surface area contributed by atoms with Crippen LogP contribution in [0.25, 0.3) is 0 Å². The van der Waals surface area contributed by atoms with E-state index in [1.54, 1.807) is 4.90 Å². The second-order valence-electron chi connectivity index (χ2n) is 4.15. The van der Waals surface area contributed by atoms with Gasteiger partial charge in [0.15, 0.2) is 0 Å². The van der Waals surface area contributed by atoms with Crippen molar-refractivity contribution in [3.05, 3.63) is 28.3 Å². The molecule has 1 aromatic rings. The van der Waals surface area contributed by atoms with E-state index in [1.807, 2.05) is 0 Å². The molecule has 1 aliphatic rings. The van der Waals surface area contributed by atoms with Crippen LogP contribution in [-0.2, 0) is 0 Å². The van der Waals surface area contributed by atoms with Crippen LogP contribution >= 0.6 is 0 Å². The molecule has 0 saturated carbocycles. The topological polar surface area (TPSA) is 55.6 Å². The minimum absolute atomic E-state index is 0.331. The number of benzene rings is 1. The lowest BCUT2D eigenvalue weighted by molar-refractivity contribution is -0.384. The van der Waals surface area contributed by atoms with Crippen LogP contribution in [0.3, 0.4) is 0 Å². The smallest absolute Gasteiger partial charge is 0.406 e. The molecule has 1 aliphatic heterocycles. The number of rotatable bonds is 3. The predicted molar refractivity (Wildman–Crippen MR) is 61.2 cm³/mol. The normalized spacial score (nSPS) is 15.6. The van der Waals surface area contributed by atoms with E-state index >= 15 is 0 Å². The summed E-state index contributed by atoms with van der Waals surface area (Å²) in [7, 11) is 0. The summed E-state index contributed by atoms with van der Waals surface area (Å²) in [5.74, 6) is -0.581. The van der Waals surface area contributed by atoms with Gasteiger partial charge in [-0.05, 0) is 25.0 Å². The molecule has 0 spiro atoms. The summed E-state index contributed by atoms with van der Waals surface area (Å²) in [6.07, 6.45) is -3.03. The highest BCUT2D eigenvalue weighted by Crippen LogP contribution is 2.35. The van der Waals surface area contributed by atoms with Crippen LogP contribution in [0.5, 0.6) is 5.75 Å². The van der Waals surface area contributed by atoms with Crippen molar-refractivity contribution >= 4 is 11.4 Å². The maximum Gasteiger partial charge on any atom is 0.573 e. The summed E-state index contributed by atoms with van der Waals surface area (Å²) in [5.41, 5.74) is -0.0410. The lowest BCUT2D eigenvalue weighted by atomic mass is 10.2. The van der Waals surface area contributed by atoms with Gasteiger partial charge in [0, 0.05) is 13.1 Å². The van der Waals surface area contributed by atoms with Gasteiger partial charge in [-0.3, -0.25) is 10.1 Å². The Kier molecular flexibility index (Phi) is 3.50. The van der Waals surface area contributed by atoms with Crippen molar-refractivity contribution in [3.8, 4) is 5.75 Å². The van der Waals surface area contributed by atoms with Gasteiger partial charge in [-0.15, -0.1) is 13.2 Å². The molecule has 0 radical (unpaired) electrons. The van der Waals surface area contributed by atoms with Crippen LogP contribution in [0.4, 0.5) is 24.5 Å². The minimum atomic E-state index is -4.86. The fourth-order valence-corrected chi connectivity index (χ4v) is 2.07. The van der Waals surface area contributed by atoms with Crippen LogP contribution < -0.4 is 9.64 Å². The molecule has 0 aliphatic carbocycles. The molecular weight excluding hydrogens is 265 g/mol. The third-order valence-corrected chi connectivity index (χ3v) is 2.82. The first-order chi connectivity index (χ1) is 8.87. The van der Waals surface area contributed by atoms with Crippen LogP contribution in [0.1, 0.15) is 12.8 Å². The predicted octanol–water partition coefficient (Wildman–Crippen LogP) is 3.09. The zero-order valence-electron chi connectivity index (χ0n) is 9.81. The van der Waals surface area contributed by atoms with Gasteiger partial charge in [-0.25, -0.2) is 0 Å². The highest BCUT2D eigenvalue weighted by atomic mass is 19.4. The molecule has 1 fully saturated rings. The lowest BCUT2D eigenvalue weighted by Crippen LogP contribution is -2.20. The summed E-state index contributed by atoms with van der Waals surface area (Å²) >= 11 is 0. The molecule has 0 bridgehead atoms. The molecule has 0 atom stereocenters. The minimum Gasteiger partial charge on any atom is -0.406 e. The quantitative estimate of drug-likeness (QED) is 0.628. The van der Waals surface area contributed by atoms with Crippen LogP contribution in [0, 0.1) is 10.1 Å². The largest absolute Gasteiger partial charge is 0.573 e. The van der Waals surface area contributed by atoms with Gasteiger partial charge in [0.2, 0.25) is 0 Å². The van der Waals surface area contributed by atoms with Gasteiger partial charge < -0.3 is 9.64 Å². The van der Waals surface area contributed by atoms with E-state index in [-0.39, 0.29) is 5.69 Å². The maximum atomic E-state index is 12.1. The van der Waals surface area contributed by atoms with Gasteiger partial charge >= 0.3 is 6.36 Å². The first-order valence-corrected chi connectivity index (χ1v) is 5.66. The SMILES string of the molecule is O=[N+]([O-])c1cc(OC(F)(F)F)ccc1N1CCCC1. The van der Waals surface area contributed by atoms with Crippen molar-refractivity contribution < 1.29 is 22.8 Å². The first-order valence-electron chi connectivity index (χ1n) is 5.66. The van der Waals surface area contributed by atoms with E-state index in [0.29, 0.717) is 18.8 Å². The van der Waals surface area contributed by atoms with Gasteiger partial charge in [-0.1, -0.05) is 0 Å². The summed E-state index contributed by atoms with van der Waals surface area (Å²) in [5, 5.41) is 10.9. The Hall–Kier alpha value is -1.99. The monoisotopic (exact) mass is 276 g/mol. The van der Waals surface area contributed by atoms with Crippen molar-refractivity contribution in [2.24, 2.45) is 0 Å². The molecule has 2 rings (SSSR count). The molecule has 0 N–H and O–H groups in total. The Morgan fingerprint density at radius 2 is 1.89 bits per heavy atom. The maximum absolute atomic E-state index is 12.1.